The highest BCUT2D eigenvalue weighted by Gasteiger charge is 2.40. The second-order valence-electron chi connectivity index (χ2n) is 6.13. The van der Waals surface area contributed by atoms with Gasteiger partial charge in [-0.05, 0) is 43.5 Å². The molecular weight excluding hydrogens is 336 g/mol. The van der Waals surface area contributed by atoms with E-state index in [9.17, 15) is 9.59 Å². The molecule has 25 heavy (non-hydrogen) atoms. The van der Waals surface area contributed by atoms with Crippen LogP contribution in [0.2, 0.25) is 0 Å². The van der Waals surface area contributed by atoms with Crippen molar-refractivity contribution in [3.05, 3.63) is 76.0 Å². The third-order valence-electron chi connectivity index (χ3n) is 4.50. The lowest BCUT2D eigenvalue weighted by Gasteiger charge is -2.20. The Hall–Kier alpha value is -2.59. The quantitative estimate of drug-likeness (QED) is 0.845. The Bertz CT molecular complexity index is 875. The molecule has 3 rings (SSSR count). The molecule has 0 saturated heterocycles. The summed E-state index contributed by atoms with van der Waals surface area (Å²) in [5, 5.41) is 3.02. The average Bonchev–Trinajstić information content (AvgIpc) is 2.82. The number of nitrogens with zero attached hydrogens (tertiary/aromatic N) is 1. The molecule has 1 aliphatic heterocycles. The number of rotatable bonds is 4. The molecule has 1 N–H and O–H groups in total. The molecule has 0 fully saturated rings. The standard InChI is InChI=1S/C20H19ClN2O2/c1-12-8-7-11-16(13(12)2)23-19(24)17(21)18(20(23)25)22-14(3)15-9-5-4-6-10-15/h4-11,14,22H,1-3H3. The Balaban J connectivity index is 1.91. The molecule has 1 atom stereocenters. The van der Waals surface area contributed by atoms with Crippen molar-refractivity contribution in [2.75, 3.05) is 4.90 Å². The number of benzene rings is 2. The minimum Gasteiger partial charge on any atom is -0.373 e. The van der Waals surface area contributed by atoms with Crippen LogP contribution in [-0.4, -0.2) is 11.8 Å². The van der Waals surface area contributed by atoms with Crippen molar-refractivity contribution < 1.29 is 9.59 Å². The molecule has 0 saturated carbocycles. The van der Waals surface area contributed by atoms with Gasteiger partial charge in [-0.2, -0.15) is 0 Å². The van der Waals surface area contributed by atoms with Gasteiger partial charge in [0.15, 0.2) is 0 Å². The first-order chi connectivity index (χ1) is 11.9. The summed E-state index contributed by atoms with van der Waals surface area (Å²) in [5.74, 6) is -0.922. The van der Waals surface area contributed by atoms with Crippen LogP contribution in [-0.2, 0) is 9.59 Å². The van der Waals surface area contributed by atoms with Crippen LogP contribution in [0.5, 0.6) is 0 Å². The van der Waals surface area contributed by atoms with Crippen LogP contribution >= 0.6 is 11.6 Å². The number of hydrogen-bond donors (Lipinski definition) is 1. The Labute approximate surface area is 152 Å². The first-order valence-corrected chi connectivity index (χ1v) is 8.46. The van der Waals surface area contributed by atoms with Gasteiger partial charge in [0.25, 0.3) is 11.8 Å². The van der Waals surface area contributed by atoms with Crippen molar-refractivity contribution in [2.45, 2.75) is 26.8 Å². The van der Waals surface area contributed by atoms with Gasteiger partial charge in [-0.1, -0.05) is 54.1 Å². The Kier molecular flexibility index (Phi) is 4.64. The summed E-state index contributed by atoms with van der Waals surface area (Å²) in [5.41, 5.74) is 3.60. The predicted molar refractivity (Wildman–Crippen MR) is 99.3 cm³/mol. The molecule has 0 spiro atoms. The van der Waals surface area contributed by atoms with Gasteiger partial charge in [0.2, 0.25) is 0 Å². The van der Waals surface area contributed by atoms with Crippen LogP contribution in [0.25, 0.3) is 0 Å². The van der Waals surface area contributed by atoms with Gasteiger partial charge in [-0.3, -0.25) is 9.59 Å². The van der Waals surface area contributed by atoms with E-state index in [1.807, 2.05) is 63.2 Å². The first kappa shape index (κ1) is 17.2. The third kappa shape index (κ3) is 3.05. The van der Waals surface area contributed by atoms with E-state index in [0.29, 0.717) is 5.69 Å². The highest BCUT2D eigenvalue weighted by molar-refractivity contribution is 6.52. The molecule has 2 aromatic rings. The van der Waals surface area contributed by atoms with Gasteiger partial charge in [-0.25, -0.2) is 4.90 Å². The second-order valence-corrected chi connectivity index (χ2v) is 6.51. The highest BCUT2D eigenvalue weighted by Crippen LogP contribution is 2.32. The number of nitrogens with one attached hydrogen (secondary N) is 1. The van der Waals surface area contributed by atoms with Gasteiger partial charge in [0.05, 0.1) is 5.69 Å². The molecular formula is C20H19ClN2O2. The Morgan fingerprint density at radius 1 is 0.960 bits per heavy atom. The van der Waals surface area contributed by atoms with E-state index >= 15 is 0 Å². The molecule has 4 nitrogen and oxygen atoms in total. The minimum atomic E-state index is -0.497. The molecule has 2 amide bonds. The Morgan fingerprint density at radius 3 is 2.32 bits per heavy atom. The zero-order valence-electron chi connectivity index (χ0n) is 14.3. The van der Waals surface area contributed by atoms with E-state index in [4.69, 9.17) is 11.6 Å². The van der Waals surface area contributed by atoms with Crippen LogP contribution in [0.15, 0.2) is 59.3 Å². The van der Waals surface area contributed by atoms with Crippen molar-refractivity contribution in [1.82, 2.24) is 5.32 Å². The number of amides is 2. The molecule has 1 aliphatic rings. The molecule has 0 aliphatic carbocycles. The van der Waals surface area contributed by atoms with Crippen molar-refractivity contribution in [2.24, 2.45) is 0 Å². The summed E-state index contributed by atoms with van der Waals surface area (Å²) in [7, 11) is 0. The summed E-state index contributed by atoms with van der Waals surface area (Å²) in [6.45, 7) is 5.75. The van der Waals surface area contributed by atoms with Crippen molar-refractivity contribution >= 4 is 29.1 Å². The number of carbonyl (C=O) groups is 2. The Morgan fingerprint density at radius 2 is 1.64 bits per heavy atom. The largest absolute Gasteiger partial charge is 0.373 e. The fourth-order valence-electron chi connectivity index (χ4n) is 2.87. The molecule has 0 bridgehead atoms. The maximum Gasteiger partial charge on any atom is 0.283 e. The fraction of sp³-hybridized carbons (Fsp3) is 0.200. The molecule has 0 aromatic heterocycles. The van der Waals surface area contributed by atoms with E-state index in [1.165, 1.54) is 0 Å². The van der Waals surface area contributed by atoms with Gasteiger partial charge >= 0.3 is 0 Å². The van der Waals surface area contributed by atoms with Crippen LogP contribution in [0.4, 0.5) is 5.69 Å². The lowest BCUT2D eigenvalue weighted by Crippen LogP contribution is -2.34. The van der Waals surface area contributed by atoms with Gasteiger partial charge < -0.3 is 5.32 Å². The van der Waals surface area contributed by atoms with E-state index in [1.54, 1.807) is 6.07 Å². The third-order valence-corrected chi connectivity index (χ3v) is 4.86. The topological polar surface area (TPSA) is 49.4 Å². The number of aryl methyl sites for hydroxylation is 1. The van der Waals surface area contributed by atoms with Crippen LogP contribution in [0, 0.1) is 13.8 Å². The monoisotopic (exact) mass is 354 g/mol. The van der Waals surface area contributed by atoms with E-state index in [2.05, 4.69) is 5.32 Å². The summed E-state index contributed by atoms with van der Waals surface area (Å²) < 4.78 is 0. The smallest absolute Gasteiger partial charge is 0.283 e. The molecule has 1 unspecified atom stereocenters. The summed E-state index contributed by atoms with van der Waals surface area (Å²) in [4.78, 5) is 26.6. The van der Waals surface area contributed by atoms with E-state index in [-0.39, 0.29) is 16.8 Å². The number of halogens is 1. The molecule has 5 heteroatoms. The van der Waals surface area contributed by atoms with E-state index < -0.39 is 11.8 Å². The van der Waals surface area contributed by atoms with Crippen LogP contribution < -0.4 is 10.2 Å². The van der Waals surface area contributed by atoms with Gasteiger partial charge in [-0.15, -0.1) is 0 Å². The number of carbonyl (C=O) groups excluding carboxylic acids is 2. The summed E-state index contributed by atoms with van der Waals surface area (Å²) >= 11 is 6.20. The first-order valence-electron chi connectivity index (χ1n) is 8.08. The normalized spacial score (nSPS) is 15.8. The van der Waals surface area contributed by atoms with Crippen LogP contribution in [0.3, 0.4) is 0 Å². The maximum absolute atomic E-state index is 12.9. The van der Waals surface area contributed by atoms with Gasteiger partial charge in [0.1, 0.15) is 10.7 Å². The summed E-state index contributed by atoms with van der Waals surface area (Å²) in [6.07, 6.45) is 0. The van der Waals surface area contributed by atoms with Crippen molar-refractivity contribution in [1.29, 1.82) is 0 Å². The number of imide groups is 1. The zero-order valence-corrected chi connectivity index (χ0v) is 15.1. The van der Waals surface area contributed by atoms with Crippen molar-refractivity contribution in [3.63, 3.8) is 0 Å². The second kappa shape index (κ2) is 6.73. The lowest BCUT2D eigenvalue weighted by atomic mass is 10.1. The number of hydrogen-bond acceptors (Lipinski definition) is 3. The zero-order chi connectivity index (χ0) is 18.1. The minimum absolute atomic E-state index is 0.0753. The average molecular weight is 355 g/mol. The van der Waals surface area contributed by atoms with Crippen molar-refractivity contribution in [3.8, 4) is 0 Å². The fourth-order valence-corrected chi connectivity index (χ4v) is 3.09. The lowest BCUT2D eigenvalue weighted by molar-refractivity contribution is -0.120. The maximum atomic E-state index is 12.9. The molecule has 128 valence electrons. The predicted octanol–water partition coefficient (Wildman–Crippen LogP) is 3.98. The SMILES string of the molecule is Cc1cccc(N2C(=O)C(Cl)=C(NC(C)c3ccccc3)C2=O)c1C. The van der Waals surface area contributed by atoms with Crippen LogP contribution in [0.1, 0.15) is 29.7 Å². The highest BCUT2D eigenvalue weighted by atomic mass is 35.5. The molecule has 1 heterocycles. The molecule has 0 radical (unpaired) electrons. The number of anilines is 1. The van der Waals surface area contributed by atoms with E-state index in [0.717, 1.165) is 21.6 Å². The summed E-state index contributed by atoms with van der Waals surface area (Å²) in [6, 6.07) is 15.0. The molecule has 2 aromatic carbocycles. The van der Waals surface area contributed by atoms with Gasteiger partial charge in [0, 0.05) is 6.04 Å².